The van der Waals surface area contributed by atoms with E-state index < -0.39 is 0 Å². The van der Waals surface area contributed by atoms with Gasteiger partial charge in [0.2, 0.25) is 0 Å². The zero-order chi connectivity index (χ0) is 14.9. The Labute approximate surface area is 120 Å². The quantitative estimate of drug-likeness (QED) is 0.796. The van der Waals surface area contributed by atoms with Crippen molar-refractivity contribution in [1.29, 1.82) is 0 Å². The van der Waals surface area contributed by atoms with E-state index >= 15 is 0 Å². The first-order chi connectivity index (χ1) is 9.43. The molecule has 0 saturated carbocycles. The van der Waals surface area contributed by atoms with Crippen LogP contribution in [0.2, 0.25) is 0 Å². The van der Waals surface area contributed by atoms with E-state index in [1.165, 1.54) is 0 Å². The van der Waals surface area contributed by atoms with Gasteiger partial charge in [0.05, 0.1) is 11.4 Å². The molecule has 1 fully saturated rings. The third kappa shape index (κ3) is 2.72. The van der Waals surface area contributed by atoms with E-state index in [1.54, 1.807) is 13.1 Å². The molecule has 5 nitrogen and oxygen atoms in total. The summed E-state index contributed by atoms with van der Waals surface area (Å²) in [5.41, 5.74) is 8.42. The minimum Gasteiger partial charge on any atom is -0.397 e. The molecule has 1 heterocycles. The third-order valence-corrected chi connectivity index (χ3v) is 4.22. The van der Waals surface area contributed by atoms with Crippen molar-refractivity contribution in [3.63, 3.8) is 0 Å². The van der Waals surface area contributed by atoms with Gasteiger partial charge in [0.15, 0.2) is 0 Å². The predicted molar refractivity (Wildman–Crippen MR) is 83.1 cm³/mol. The summed E-state index contributed by atoms with van der Waals surface area (Å²) in [7, 11) is 3.78. The van der Waals surface area contributed by atoms with Crippen molar-refractivity contribution in [3.05, 3.63) is 23.8 Å². The highest BCUT2D eigenvalue weighted by atomic mass is 16.1. The molecule has 5 heteroatoms. The van der Waals surface area contributed by atoms with Gasteiger partial charge >= 0.3 is 0 Å². The highest BCUT2D eigenvalue weighted by molar-refractivity contribution is 5.96. The molecule has 2 unspecified atom stereocenters. The van der Waals surface area contributed by atoms with Gasteiger partial charge in [0, 0.05) is 37.8 Å². The number of anilines is 2. The molecule has 2 atom stereocenters. The van der Waals surface area contributed by atoms with Gasteiger partial charge in [-0.25, -0.2) is 0 Å². The van der Waals surface area contributed by atoms with Crippen LogP contribution in [0.5, 0.6) is 0 Å². The SMILES string of the molecule is CNC(=O)c1ccc(N2CC(C)N(C)C(C)C2)c(N)c1. The first kappa shape index (κ1) is 14.7. The molecule has 0 spiro atoms. The maximum absolute atomic E-state index is 11.6. The molecule has 3 N–H and O–H groups in total. The molecule has 2 rings (SSSR count). The van der Waals surface area contributed by atoms with Crippen LogP contribution in [0.3, 0.4) is 0 Å². The smallest absolute Gasteiger partial charge is 0.251 e. The Kier molecular flexibility index (Phi) is 4.18. The average molecular weight is 276 g/mol. The molecule has 0 bridgehead atoms. The van der Waals surface area contributed by atoms with Gasteiger partial charge in [-0.15, -0.1) is 0 Å². The number of nitrogens with one attached hydrogen (secondary N) is 1. The summed E-state index contributed by atoms with van der Waals surface area (Å²) >= 11 is 0. The van der Waals surface area contributed by atoms with Crippen LogP contribution < -0.4 is 16.0 Å². The molecular weight excluding hydrogens is 252 g/mol. The summed E-state index contributed by atoms with van der Waals surface area (Å²) in [5.74, 6) is -0.108. The second-order valence-corrected chi connectivity index (χ2v) is 5.62. The molecule has 0 radical (unpaired) electrons. The van der Waals surface area contributed by atoms with E-state index in [9.17, 15) is 4.79 Å². The highest BCUT2D eigenvalue weighted by Gasteiger charge is 2.27. The average Bonchev–Trinajstić information content (AvgIpc) is 2.43. The number of piperazine rings is 1. The Morgan fingerprint density at radius 3 is 2.40 bits per heavy atom. The van der Waals surface area contributed by atoms with Gasteiger partial charge < -0.3 is 16.0 Å². The maximum Gasteiger partial charge on any atom is 0.251 e. The summed E-state index contributed by atoms with van der Waals surface area (Å²) in [6.45, 7) is 6.34. The fourth-order valence-corrected chi connectivity index (χ4v) is 2.73. The lowest BCUT2D eigenvalue weighted by atomic mass is 10.1. The van der Waals surface area contributed by atoms with Crippen LogP contribution in [0.1, 0.15) is 24.2 Å². The Bertz CT molecular complexity index is 491. The van der Waals surface area contributed by atoms with Crippen molar-refractivity contribution >= 4 is 17.3 Å². The lowest BCUT2D eigenvalue weighted by molar-refractivity contribution is 0.0963. The fraction of sp³-hybridized carbons (Fsp3) is 0.533. The van der Waals surface area contributed by atoms with Crippen molar-refractivity contribution in [2.75, 3.05) is 37.8 Å². The lowest BCUT2D eigenvalue weighted by Crippen LogP contribution is -2.55. The first-order valence-electron chi connectivity index (χ1n) is 7.02. The molecule has 1 aliphatic heterocycles. The van der Waals surface area contributed by atoms with E-state index in [2.05, 4.69) is 36.0 Å². The molecule has 0 aliphatic carbocycles. The van der Waals surface area contributed by atoms with E-state index in [4.69, 9.17) is 5.73 Å². The highest BCUT2D eigenvalue weighted by Crippen LogP contribution is 2.28. The zero-order valence-corrected chi connectivity index (χ0v) is 12.7. The summed E-state index contributed by atoms with van der Waals surface area (Å²) in [6.07, 6.45) is 0. The van der Waals surface area contributed by atoms with Crippen molar-refractivity contribution in [3.8, 4) is 0 Å². The minimum atomic E-state index is -0.108. The van der Waals surface area contributed by atoms with E-state index in [1.807, 2.05) is 12.1 Å². The number of rotatable bonds is 2. The van der Waals surface area contributed by atoms with Gasteiger partial charge in [0.1, 0.15) is 0 Å². The molecule has 110 valence electrons. The summed E-state index contributed by atoms with van der Waals surface area (Å²) in [6, 6.07) is 6.50. The van der Waals surface area contributed by atoms with Crippen LogP contribution >= 0.6 is 0 Å². The molecule has 20 heavy (non-hydrogen) atoms. The number of carbonyl (C=O) groups excluding carboxylic acids is 1. The number of hydrogen-bond acceptors (Lipinski definition) is 4. The predicted octanol–water partition coefficient (Wildman–Crippen LogP) is 1.16. The molecular formula is C15H24N4O. The lowest BCUT2D eigenvalue weighted by Gasteiger charge is -2.43. The largest absolute Gasteiger partial charge is 0.397 e. The van der Waals surface area contributed by atoms with Crippen LogP contribution in [0.4, 0.5) is 11.4 Å². The second-order valence-electron chi connectivity index (χ2n) is 5.62. The number of carbonyl (C=O) groups is 1. The number of benzene rings is 1. The van der Waals surface area contributed by atoms with Gasteiger partial charge in [-0.1, -0.05) is 0 Å². The number of hydrogen-bond donors (Lipinski definition) is 2. The molecule has 0 aromatic heterocycles. The number of likely N-dealkylation sites (N-methyl/N-ethyl adjacent to an activating group) is 1. The molecule has 1 aliphatic rings. The number of nitrogen functional groups attached to an aromatic ring is 1. The summed E-state index contributed by atoms with van der Waals surface area (Å²) < 4.78 is 0. The standard InChI is InChI=1S/C15H24N4O/c1-10-8-19(9-11(2)18(10)4)14-6-5-12(7-13(14)16)15(20)17-3/h5-7,10-11H,8-9,16H2,1-4H3,(H,17,20). The van der Waals surface area contributed by atoms with Gasteiger partial charge in [-0.05, 0) is 39.1 Å². The number of nitrogens with two attached hydrogens (primary N) is 1. The molecule has 1 saturated heterocycles. The topological polar surface area (TPSA) is 61.6 Å². The first-order valence-corrected chi connectivity index (χ1v) is 7.02. The molecule has 1 aromatic rings. The van der Waals surface area contributed by atoms with Crippen LogP contribution in [0, 0.1) is 0 Å². The van der Waals surface area contributed by atoms with Crippen molar-refractivity contribution < 1.29 is 4.79 Å². The normalized spacial score (nSPS) is 23.7. The zero-order valence-electron chi connectivity index (χ0n) is 12.7. The van der Waals surface area contributed by atoms with Crippen LogP contribution in [-0.2, 0) is 0 Å². The Hall–Kier alpha value is -1.75. The van der Waals surface area contributed by atoms with Gasteiger partial charge in [-0.2, -0.15) is 0 Å². The molecule has 1 amide bonds. The maximum atomic E-state index is 11.6. The Morgan fingerprint density at radius 2 is 1.90 bits per heavy atom. The molecule has 1 aromatic carbocycles. The van der Waals surface area contributed by atoms with Crippen LogP contribution in [0.25, 0.3) is 0 Å². The minimum absolute atomic E-state index is 0.108. The van der Waals surface area contributed by atoms with Crippen LogP contribution in [0.15, 0.2) is 18.2 Å². The van der Waals surface area contributed by atoms with Gasteiger partial charge in [-0.3, -0.25) is 9.69 Å². The monoisotopic (exact) mass is 276 g/mol. The third-order valence-electron chi connectivity index (χ3n) is 4.22. The van der Waals surface area contributed by atoms with E-state index in [0.29, 0.717) is 23.3 Å². The van der Waals surface area contributed by atoms with E-state index in [0.717, 1.165) is 18.8 Å². The van der Waals surface area contributed by atoms with Crippen LogP contribution in [-0.4, -0.2) is 50.1 Å². The van der Waals surface area contributed by atoms with E-state index in [-0.39, 0.29) is 5.91 Å². The summed E-state index contributed by atoms with van der Waals surface area (Å²) in [5, 5.41) is 2.61. The van der Waals surface area contributed by atoms with Crippen molar-refractivity contribution in [2.24, 2.45) is 0 Å². The Morgan fingerprint density at radius 1 is 1.30 bits per heavy atom. The fourth-order valence-electron chi connectivity index (χ4n) is 2.73. The van der Waals surface area contributed by atoms with Crippen molar-refractivity contribution in [2.45, 2.75) is 25.9 Å². The van der Waals surface area contributed by atoms with Crippen molar-refractivity contribution in [1.82, 2.24) is 10.2 Å². The second kappa shape index (κ2) is 5.71. The number of amides is 1. The summed E-state index contributed by atoms with van der Waals surface area (Å²) in [4.78, 5) is 16.3. The number of nitrogens with zero attached hydrogens (tertiary/aromatic N) is 2. The van der Waals surface area contributed by atoms with Gasteiger partial charge in [0.25, 0.3) is 5.91 Å². The Balaban J connectivity index is 2.23.